The fourth-order valence-corrected chi connectivity index (χ4v) is 4.78. The standard InChI is InChI=1S/C9H22O2Si2/c1-7-9(10-2,11-3)12-8-13(4,5)6/h7-8H2,1-6H3. The van der Waals surface area contributed by atoms with E-state index in [0.717, 1.165) is 15.9 Å². The third-order valence-corrected chi connectivity index (χ3v) is 8.26. The minimum atomic E-state index is -0.963. The second-order valence-corrected chi connectivity index (χ2v) is 12.1. The summed E-state index contributed by atoms with van der Waals surface area (Å²) >= 11 is 0. The topological polar surface area (TPSA) is 18.5 Å². The van der Waals surface area contributed by atoms with Crippen LogP contribution in [0.4, 0.5) is 0 Å². The first-order valence-electron chi connectivity index (χ1n) is 4.74. The van der Waals surface area contributed by atoms with Crippen LogP contribution in [0.5, 0.6) is 0 Å². The van der Waals surface area contributed by atoms with Crippen molar-refractivity contribution in [3.05, 3.63) is 0 Å². The van der Waals surface area contributed by atoms with Crippen molar-refractivity contribution in [2.24, 2.45) is 0 Å². The van der Waals surface area contributed by atoms with E-state index in [9.17, 15) is 0 Å². The molecule has 0 aromatic heterocycles. The average Bonchev–Trinajstić information content (AvgIpc) is 2.06. The van der Waals surface area contributed by atoms with E-state index >= 15 is 0 Å². The van der Waals surface area contributed by atoms with E-state index < -0.39 is 8.07 Å². The molecular weight excluding hydrogens is 196 g/mol. The summed E-state index contributed by atoms with van der Waals surface area (Å²) in [4.78, 5) is 0. The van der Waals surface area contributed by atoms with Crippen LogP contribution in [0.15, 0.2) is 0 Å². The first-order chi connectivity index (χ1) is 5.89. The van der Waals surface area contributed by atoms with Crippen molar-refractivity contribution in [1.82, 2.24) is 0 Å². The zero-order chi connectivity index (χ0) is 10.5. The molecule has 2 radical (unpaired) electrons. The molecule has 0 N–H and O–H groups in total. The zero-order valence-electron chi connectivity index (χ0n) is 9.73. The van der Waals surface area contributed by atoms with Gasteiger partial charge in [0, 0.05) is 22.3 Å². The highest BCUT2D eigenvalue weighted by Crippen LogP contribution is 2.19. The molecule has 0 fully saturated rings. The molecule has 0 aliphatic rings. The Morgan fingerprint density at radius 2 is 1.62 bits per heavy atom. The van der Waals surface area contributed by atoms with E-state index in [1.165, 1.54) is 5.67 Å². The fraction of sp³-hybridized carbons (Fsp3) is 1.00. The van der Waals surface area contributed by atoms with Gasteiger partial charge in [-0.2, -0.15) is 0 Å². The predicted octanol–water partition coefficient (Wildman–Crippen LogP) is 2.34. The Bertz CT molecular complexity index is 131. The molecule has 0 aliphatic carbocycles. The summed E-state index contributed by atoms with van der Waals surface area (Å²) in [6.45, 7) is 9.26. The lowest BCUT2D eigenvalue weighted by atomic mass is 10.5. The molecule has 0 saturated heterocycles. The van der Waals surface area contributed by atoms with Gasteiger partial charge in [-0.3, -0.25) is 0 Å². The third-order valence-electron chi connectivity index (χ3n) is 2.01. The SMILES string of the molecule is CCC(OC)(OC)[Si]C[Si](C)(C)C. The Morgan fingerprint density at radius 1 is 1.15 bits per heavy atom. The van der Waals surface area contributed by atoms with Gasteiger partial charge in [-0.25, -0.2) is 0 Å². The van der Waals surface area contributed by atoms with Gasteiger partial charge in [-0.05, 0) is 6.42 Å². The van der Waals surface area contributed by atoms with Crippen molar-refractivity contribution in [3.63, 3.8) is 0 Å². The van der Waals surface area contributed by atoms with Crippen LogP contribution in [0.2, 0.25) is 25.3 Å². The number of hydrogen-bond acceptors (Lipinski definition) is 2. The minimum absolute atomic E-state index is 0.305. The van der Waals surface area contributed by atoms with Gasteiger partial charge in [-0.15, -0.1) is 0 Å². The van der Waals surface area contributed by atoms with Gasteiger partial charge in [0.1, 0.15) is 14.9 Å². The van der Waals surface area contributed by atoms with Crippen molar-refractivity contribution in [3.8, 4) is 0 Å². The molecule has 0 aliphatic heterocycles. The van der Waals surface area contributed by atoms with Crippen LogP contribution >= 0.6 is 0 Å². The summed E-state index contributed by atoms with van der Waals surface area (Å²) in [6, 6.07) is 0. The Labute approximate surface area is 85.8 Å². The molecular formula is C9H22O2Si2. The number of ether oxygens (including phenoxy) is 2. The molecule has 0 unspecified atom stereocenters. The lowest BCUT2D eigenvalue weighted by Gasteiger charge is -2.31. The maximum absolute atomic E-state index is 5.44. The van der Waals surface area contributed by atoms with Gasteiger partial charge < -0.3 is 9.47 Å². The van der Waals surface area contributed by atoms with Gasteiger partial charge in [0.15, 0.2) is 0 Å². The van der Waals surface area contributed by atoms with Crippen molar-refractivity contribution < 1.29 is 9.47 Å². The highest BCUT2D eigenvalue weighted by Gasteiger charge is 2.30. The molecule has 78 valence electrons. The normalized spacial score (nSPS) is 13.4. The molecule has 0 rings (SSSR count). The van der Waals surface area contributed by atoms with Gasteiger partial charge in [0.25, 0.3) is 0 Å². The second-order valence-electron chi connectivity index (χ2n) is 4.43. The van der Waals surface area contributed by atoms with Crippen LogP contribution in [0.3, 0.4) is 0 Å². The lowest BCUT2D eigenvalue weighted by Crippen LogP contribution is -2.43. The number of rotatable bonds is 6. The molecule has 0 atom stereocenters. The summed E-state index contributed by atoms with van der Waals surface area (Å²) in [5.74, 6) is 0. The molecule has 13 heavy (non-hydrogen) atoms. The average molecular weight is 218 g/mol. The van der Waals surface area contributed by atoms with E-state index in [4.69, 9.17) is 9.47 Å². The Kier molecular flexibility index (Phi) is 5.43. The molecule has 0 aromatic rings. The Hall–Kier alpha value is 0.354. The molecule has 2 nitrogen and oxygen atoms in total. The van der Waals surface area contributed by atoms with Gasteiger partial charge in [-0.1, -0.05) is 32.2 Å². The summed E-state index contributed by atoms with van der Waals surface area (Å²) in [5.41, 5.74) is 0.975. The van der Waals surface area contributed by atoms with Crippen molar-refractivity contribution in [1.29, 1.82) is 0 Å². The first-order valence-corrected chi connectivity index (χ1v) is 9.66. The minimum Gasteiger partial charge on any atom is -0.358 e. The van der Waals surface area contributed by atoms with Crippen LogP contribution in [-0.2, 0) is 9.47 Å². The second kappa shape index (κ2) is 5.29. The lowest BCUT2D eigenvalue weighted by molar-refractivity contribution is -0.145. The van der Waals surface area contributed by atoms with Crippen molar-refractivity contribution >= 4 is 17.6 Å². The third kappa shape index (κ3) is 4.95. The molecule has 0 bridgehead atoms. The highest BCUT2D eigenvalue weighted by molar-refractivity contribution is 6.83. The summed E-state index contributed by atoms with van der Waals surface area (Å²) < 4.78 is 10.9. The van der Waals surface area contributed by atoms with Crippen molar-refractivity contribution in [2.75, 3.05) is 14.2 Å². The largest absolute Gasteiger partial charge is 0.358 e. The summed E-state index contributed by atoms with van der Waals surface area (Å²) in [7, 11) is 3.28. The smallest absolute Gasteiger partial charge is 0.145 e. The molecule has 0 amide bonds. The molecule has 0 heterocycles. The van der Waals surface area contributed by atoms with Crippen LogP contribution in [-0.4, -0.2) is 37.2 Å². The van der Waals surface area contributed by atoms with E-state index in [0.29, 0.717) is 0 Å². The number of methoxy groups -OCH3 is 2. The van der Waals surface area contributed by atoms with Gasteiger partial charge >= 0.3 is 0 Å². The van der Waals surface area contributed by atoms with Crippen molar-refractivity contribution in [2.45, 2.75) is 44.1 Å². The van der Waals surface area contributed by atoms with Crippen LogP contribution in [0.1, 0.15) is 13.3 Å². The maximum atomic E-state index is 5.44. The fourth-order valence-electron chi connectivity index (χ4n) is 1.04. The van der Waals surface area contributed by atoms with Gasteiger partial charge in [0.2, 0.25) is 0 Å². The van der Waals surface area contributed by atoms with Crippen LogP contribution in [0, 0.1) is 0 Å². The molecule has 4 heteroatoms. The van der Waals surface area contributed by atoms with Crippen LogP contribution < -0.4 is 0 Å². The Morgan fingerprint density at radius 3 is 1.85 bits per heavy atom. The van der Waals surface area contributed by atoms with E-state index in [2.05, 4.69) is 26.6 Å². The quantitative estimate of drug-likeness (QED) is 0.503. The van der Waals surface area contributed by atoms with E-state index in [1.54, 1.807) is 14.2 Å². The highest BCUT2D eigenvalue weighted by atomic mass is 28.4. The predicted molar refractivity (Wildman–Crippen MR) is 60.9 cm³/mol. The van der Waals surface area contributed by atoms with Gasteiger partial charge in [0.05, 0.1) is 0 Å². The molecule has 0 saturated carbocycles. The first kappa shape index (κ1) is 13.4. The molecule has 0 spiro atoms. The summed E-state index contributed by atoms with van der Waals surface area (Å²) in [6.07, 6.45) is 0.933. The van der Waals surface area contributed by atoms with E-state index in [1.807, 2.05) is 0 Å². The number of hydrogen-bond donors (Lipinski definition) is 0. The van der Waals surface area contributed by atoms with E-state index in [-0.39, 0.29) is 5.41 Å². The molecule has 0 aromatic carbocycles. The zero-order valence-corrected chi connectivity index (χ0v) is 11.7. The monoisotopic (exact) mass is 218 g/mol. The maximum Gasteiger partial charge on any atom is 0.145 e. The van der Waals surface area contributed by atoms with Crippen LogP contribution in [0.25, 0.3) is 0 Å². The Balaban J connectivity index is 4.11. The summed E-state index contributed by atoms with van der Waals surface area (Å²) in [5, 5.41) is 0.